The van der Waals surface area contributed by atoms with Crippen molar-refractivity contribution < 1.29 is 29.6 Å². The van der Waals surface area contributed by atoms with Gasteiger partial charge in [0, 0.05) is 5.69 Å². The number of carboxylic acid groups (broad SMARTS) is 2. The van der Waals surface area contributed by atoms with Crippen LogP contribution >= 0.6 is 0 Å². The molecule has 4 rings (SSSR count). The Morgan fingerprint density at radius 3 is 1.67 bits per heavy atom. The van der Waals surface area contributed by atoms with E-state index in [4.69, 9.17) is 4.74 Å². The number of para-hydroxylation sites is 2. The molecule has 0 atom stereocenters. The molecule has 0 radical (unpaired) electrons. The van der Waals surface area contributed by atoms with Gasteiger partial charge in [-0.3, -0.25) is 0 Å². The zero-order valence-electron chi connectivity index (χ0n) is 13.8. The van der Waals surface area contributed by atoms with Crippen molar-refractivity contribution in [1.29, 1.82) is 0 Å². The van der Waals surface area contributed by atoms with Crippen LogP contribution in [0, 0.1) is 0 Å². The van der Waals surface area contributed by atoms with Crippen LogP contribution in [-0.2, 0) is 0 Å². The quantitative estimate of drug-likeness (QED) is 0.496. The number of phenolic OH excluding ortho intramolecular Hbond substituents is 1. The monoisotopic (exact) mass is 363 g/mol. The van der Waals surface area contributed by atoms with E-state index in [0.717, 1.165) is 0 Å². The van der Waals surface area contributed by atoms with Gasteiger partial charge in [0.05, 0.1) is 11.4 Å². The zero-order valence-corrected chi connectivity index (χ0v) is 13.8. The van der Waals surface area contributed by atoms with E-state index in [9.17, 15) is 24.9 Å². The first-order valence-corrected chi connectivity index (χ1v) is 7.97. The van der Waals surface area contributed by atoms with Gasteiger partial charge >= 0.3 is 11.9 Å². The smallest absolute Gasteiger partial charge is 0.339 e. The number of anilines is 3. The molecule has 0 saturated heterocycles. The first kappa shape index (κ1) is 16.5. The first-order chi connectivity index (χ1) is 13.0. The van der Waals surface area contributed by atoms with Crippen molar-refractivity contribution >= 4 is 29.0 Å². The molecule has 3 N–H and O–H groups in total. The normalized spacial score (nSPS) is 11.9. The Labute approximate surface area is 153 Å². The molecule has 3 aromatic carbocycles. The summed E-state index contributed by atoms with van der Waals surface area (Å²) in [4.78, 5) is 25.0. The van der Waals surface area contributed by atoms with E-state index in [1.54, 1.807) is 41.3 Å². The maximum atomic E-state index is 11.6. The lowest BCUT2D eigenvalue weighted by molar-refractivity contribution is 0.0687. The third-order valence-electron chi connectivity index (χ3n) is 4.24. The molecule has 27 heavy (non-hydrogen) atoms. The minimum absolute atomic E-state index is 0.0549. The minimum Gasteiger partial charge on any atom is -0.508 e. The fraction of sp³-hybridized carbons (Fsp3) is 0. The van der Waals surface area contributed by atoms with Gasteiger partial charge in [-0.05, 0) is 48.5 Å². The van der Waals surface area contributed by atoms with E-state index < -0.39 is 11.9 Å². The summed E-state index contributed by atoms with van der Waals surface area (Å²) in [6.07, 6.45) is 0. The van der Waals surface area contributed by atoms with Gasteiger partial charge in [0.2, 0.25) is 0 Å². The summed E-state index contributed by atoms with van der Waals surface area (Å²) in [5.74, 6) is -2.19. The van der Waals surface area contributed by atoms with Gasteiger partial charge < -0.3 is 25.0 Å². The van der Waals surface area contributed by atoms with E-state index in [1.165, 1.54) is 24.3 Å². The van der Waals surface area contributed by atoms with Crippen LogP contribution in [0.25, 0.3) is 0 Å². The third kappa shape index (κ3) is 2.62. The number of fused-ring (bicyclic) bond motifs is 2. The lowest BCUT2D eigenvalue weighted by Gasteiger charge is -2.34. The van der Waals surface area contributed by atoms with E-state index in [-0.39, 0.29) is 28.4 Å². The second-order valence-electron chi connectivity index (χ2n) is 5.87. The van der Waals surface area contributed by atoms with Gasteiger partial charge in [-0.25, -0.2) is 9.59 Å². The number of aromatic hydroxyl groups is 1. The third-order valence-corrected chi connectivity index (χ3v) is 4.24. The highest BCUT2D eigenvalue weighted by atomic mass is 16.5. The molecule has 7 heteroatoms. The lowest BCUT2D eigenvalue weighted by atomic mass is 10.0. The Balaban J connectivity index is 2.03. The van der Waals surface area contributed by atoms with Crippen LogP contribution in [0.5, 0.6) is 17.2 Å². The fourth-order valence-corrected chi connectivity index (χ4v) is 3.06. The van der Waals surface area contributed by atoms with Crippen LogP contribution in [0.3, 0.4) is 0 Å². The largest absolute Gasteiger partial charge is 0.508 e. The maximum absolute atomic E-state index is 11.6. The standard InChI is InChI=1S/C20H13NO6/c22-12-9-7-11(8-10-12)21-15-5-1-3-13(19(23)24)17(15)27-18-14(20(25)26)4-2-6-16(18)21/h1-10,22H,(H,23,24)(H,25,26). The molecule has 0 unspecified atom stereocenters. The molecule has 7 nitrogen and oxygen atoms in total. The Morgan fingerprint density at radius 2 is 1.22 bits per heavy atom. The molecule has 0 spiro atoms. The van der Waals surface area contributed by atoms with Crippen LogP contribution in [0.4, 0.5) is 17.1 Å². The number of carboxylic acids is 2. The van der Waals surface area contributed by atoms with Crippen molar-refractivity contribution in [3.63, 3.8) is 0 Å². The fourth-order valence-electron chi connectivity index (χ4n) is 3.06. The van der Waals surface area contributed by atoms with E-state index in [2.05, 4.69) is 0 Å². The van der Waals surface area contributed by atoms with Crippen molar-refractivity contribution in [2.24, 2.45) is 0 Å². The molecule has 0 aromatic heterocycles. The number of carbonyl (C=O) groups is 2. The molecule has 1 heterocycles. The number of phenols is 1. The predicted molar refractivity (Wildman–Crippen MR) is 96.8 cm³/mol. The molecular weight excluding hydrogens is 350 g/mol. The predicted octanol–water partition coefficient (Wildman–Crippen LogP) is 4.36. The molecular formula is C20H13NO6. The molecule has 3 aromatic rings. The maximum Gasteiger partial charge on any atom is 0.339 e. The van der Waals surface area contributed by atoms with Gasteiger partial charge in [0.1, 0.15) is 16.9 Å². The SMILES string of the molecule is O=C(O)c1cccc2c1Oc1c(C(=O)O)cccc1N2c1ccc(O)cc1. The number of aromatic carboxylic acids is 2. The van der Waals surface area contributed by atoms with E-state index in [1.807, 2.05) is 0 Å². The summed E-state index contributed by atoms with van der Waals surface area (Å²) < 4.78 is 5.79. The molecule has 1 aliphatic heterocycles. The van der Waals surface area contributed by atoms with Gasteiger partial charge in [0.25, 0.3) is 0 Å². The Morgan fingerprint density at radius 1 is 0.741 bits per heavy atom. The molecule has 0 saturated carbocycles. The van der Waals surface area contributed by atoms with Crippen LogP contribution in [0.1, 0.15) is 20.7 Å². The highest BCUT2D eigenvalue weighted by molar-refractivity contribution is 6.01. The zero-order chi connectivity index (χ0) is 19.1. The van der Waals surface area contributed by atoms with Crippen molar-refractivity contribution in [2.75, 3.05) is 4.90 Å². The number of rotatable bonds is 3. The van der Waals surface area contributed by atoms with Crippen LogP contribution in [0.2, 0.25) is 0 Å². The van der Waals surface area contributed by atoms with E-state index >= 15 is 0 Å². The van der Waals surface area contributed by atoms with Crippen molar-refractivity contribution in [3.8, 4) is 17.2 Å². The van der Waals surface area contributed by atoms with Crippen molar-refractivity contribution in [3.05, 3.63) is 71.8 Å². The van der Waals surface area contributed by atoms with Gasteiger partial charge in [-0.15, -0.1) is 0 Å². The number of benzene rings is 3. The van der Waals surface area contributed by atoms with Crippen LogP contribution in [-0.4, -0.2) is 27.3 Å². The Hall–Kier alpha value is -4.00. The van der Waals surface area contributed by atoms with Crippen LogP contribution < -0.4 is 9.64 Å². The number of hydrogen-bond donors (Lipinski definition) is 3. The summed E-state index contributed by atoms with van der Waals surface area (Å²) in [6, 6.07) is 15.6. The Bertz CT molecular complexity index is 1010. The molecule has 0 amide bonds. The first-order valence-electron chi connectivity index (χ1n) is 7.97. The molecule has 0 fully saturated rings. The second-order valence-corrected chi connectivity index (χ2v) is 5.87. The molecule has 0 bridgehead atoms. The van der Waals surface area contributed by atoms with Crippen LogP contribution in [0.15, 0.2) is 60.7 Å². The second kappa shape index (κ2) is 6.06. The number of hydrogen-bond acceptors (Lipinski definition) is 5. The van der Waals surface area contributed by atoms with Crippen molar-refractivity contribution in [1.82, 2.24) is 0 Å². The molecule has 1 aliphatic rings. The van der Waals surface area contributed by atoms with Gasteiger partial charge in [-0.1, -0.05) is 12.1 Å². The van der Waals surface area contributed by atoms with Gasteiger partial charge in [-0.2, -0.15) is 0 Å². The summed E-state index contributed by atoms with van der Waals surface area (Å²) >= 11 is 0. The summed E-state index contributed by atoms with van der Waals surface area (Å²) in [6.45, 7) is 0. The summed E-state index contributed by atoms with van der Waals surface area (Å²) in [5.41, 5.74) is 1.36. The Kier molecular flexibility index (Phi) is 3.70. The highest BCUT2D eigenvalue weighted by Crippen LogP contribution is 2.52. The highest BCUT2D eigenvalue weighted by Gasteiger charge is 2.32. The summed E-state index contributed by atoms with van der Waals surface area (Å²) in [7, 11) is 0. The van der Waals surface area contributed by atoms with E-state index in [0.29, 0.717) is 17.1 Å². The van der Waals surface area contributed by atoms with Gasteiger partial charge in [0.15, 0.2) is 11.5 Å². The molecule has 134 valence electrons. The average molecular weight is 363 g/mol. The summed E-state index contributed by atoms with van der Waals surface area (Å²) in [5, 5.41) is 28.6. The topological polar surface area (TPSA) is 107 Å². The minimum atomic E-state index is -1.19. The average Bonchev–Trinajstić information content (AvgIpc) is 2.65. The lowest BCUT2D eigenvalue weighted by Crippen LogP contribution is -2.19. The number of ether oxygens (including phenoxy) is 1. The van der Waals surface area contributed by atoms with Crippen molar-refractivity contribution in [2.45, 2.75) is 0 Å². The molecule has 0 aliphatic carbocycles. The number of nitrogens with zero attached hydrogens (tertiary/aromatic N) is 1.